The zero-order valence-corrected chi connectivity index (χ0v) is 7.53. The molecule has 0 heterocycles. The monoisotopic (exact) mass is 153 g/mol. The zero-order valence-electron chi connectivity index (χ0n) is 7.53. The van der Waals surface area contributed by atoms with Gasteiger partial charge in [-0.3, -0.25) is 0 Å². The quantitative estimate of drug-likeness (QED) is 0.642. The van der Waals surface area contributed by atoms with Gasteiger partial charge in [-0.05, 0) is 38.6 Å². The van der Waals surface area contributed by atoms with Crippen molar-refractivity contribution < 1.29 is 0 Å². The summed E-state index contributed by atoms with van der Waals surface area (Å²) in [5.74, 6) is 1.02. The normalized spacial score (nSPS) is 30.3. The Morgan fingerprint density at radius 3 is 2.18 bits per heavy atom. The van der Waals surface area contributed by atoms with Crippen LogP contribution in [0.25, 0.3) is 0 Å². The molecule has 0 aromatic carbocycles. The molecule has 0 atom stereocenters. The van der Waals surface area contributed by atoms with Gasteiger partial charge in [-0.15, -0.1) is 0 Å². The minimum absolute atomic E-state index is 0.612. The molecule has 1 N–H and O–H groups in total. The predicted molar refractivity (Wildman–Crippen MR) is 47.6 cm³/mol. The first-order valence-electron chi connectivity index (χ1n) is 5.06. The summed E-state index contributed by atoms with van der Waals surface area (Å²) in [5.41, 5.74) is 0.612. The third kappa shape index (κ3) is 1.31. The van der Waals surface area contributed by atoms with E-state index in [-0.39, 0.29) is 0 Å². The van der Waals surface area contributed by atoms with Crippen LogP contribution in [0, 0.1) is 5.92 Å². The molecule has 0 aromatic heterocycles. The second-order valence-corrected chi connectivity index (χ2v) is 4.24. The Balaban J connectivity index is 1.92. The third-order valence-electron chi connectivity index (χ3n) is 3.67. The molecule has 11 heavy (non-hydrogen) atoms. The lowest BCUT2D eigenvalue weighted by atomic mass is 9.82. The van der Waals surface area contributed by atoms with Crippen molar-refractivity contribution in [2.45, 2.75) is 50.5 Å². The van der Waals surface area contributed by atoms with Gasteiger partial charge in [0.25, 0.3) is 0 Å². The van der Waals surface area contributed by atoms with E-state index in [1.165, 1.54) is 44.9 Å². The van der Waals surface area contributed by atoms with Crippen LogP contribution in [-0.2, 0) is 0 Å². The second-order valence-electron chi connectivity index (χ2n) is 4.24. The highest BCUT2D eigenvalue weighted by Gasteiger charge is 2.47. The Bertz CT molecular complexity index is 132. The standard InChI is InChI=1S/C10H19N/c1-11-10(7-8-10)9-5-3-2-4-6-9/h9,11H,2-8H2,1H3. The molecule has 64 valence electrons. The number of nitrogens with one attached hydrogen (secondary N) is 1. The number of hydrogen-bond acceptors (Lipinski definition) is 1. The second kappa shape index (κ2) is 2.78. The molecule has 0 amide bonds. The molecule has 1 heteroatoms. The van der Waals surface area contributed by atoms with E-state index in [2.05, 4.69) is 12.4 Å². The number of hydrogen-bond donors (Lipinski definition) is 1. The summed E-state index contributed by atoms with van der Waals surface area (Å²) >= 11 is 0. The van der Waals surface area contributed by atoms with Crippen molar-refractivity contribution in [3.63, 3.8) is 0 Å². The van der Waals surface area contributed by atoms with E-state index in [4.69, 9.17) is 0 Å². The van der Waals surface area contributed by atoms with Gasteiger partial charge in [0.15, 0.2) is 0 Å². The Morgan fingerprint density at radius 2 is 1.73 bits per heavy atom. The van der Waals surface area contributed by atoms with E-state index in [9.17, 15) is 0 Å². The van der Waals surface area contributed by atoms with E-state index in [1.807, 2.05) is 0 Å². The van der Waals surface area contributed by atoms with Crippen molar-refractivity contribution in [1.82, 2.24) is 5.32 Å². The smallest absolute Gasteiger partial charge is 0.0208 e. The first kappa shape index (κ1) is 7.60. The summed E-state index contributed by atoms with van der Waals surface area (Å²) in [6.45, 7) is 0. The topological polar surface area (TPSA) is 12.0 Å². The highest BCUT2D eigenvalue weighted by Crippen LogP contribution is 2.47. The van der Waals surface area contributed by atoms with Gasteiger partial charge < -0.3 is 5.32 Å². The van der Waals surface area contributed by atoms with E-state index < -0.39 is 0 Å². The molecule has 1 nitrogen and oxygen atoms in total. The van der Waals surface area contributed by atoms with Crippen molar-refractivity contribution in [2.75, 3.05) is 7.05 Å². The van der Waals surface area contributed by atoms with Crippen molar-refractivity contribution in [1.29, 1.82) is 0 Å². The molecule has 0 aromatic rings. The summed E-state index contributed by atoms with van der Waals surface area (Å²) in [7, 11) is 2.14. The van der Waals surface area contributed by atoms with Crippen LogP contribution in [0.3, 0.4) is 0 Å². The molecule has 0 saturated heterocycles. The summed E-state index contributed by atoms with van der Waals surface area (Å²) in [6.07, 6.45) is 10.3. The largest absolute Gasteiger partial charge is 0.314 e. The van der Waals surface area contributed by atoms with Crippen molar-refractivity contribution >= 4 is 0 Å². The van der Waals surface area contributed by atoms with Gasteiger partial charge in [-0.1, -0.05) is 19.3 Å². The zero-order chi connectivity index (χ0) is 7.73. The van der Waals surface area contributed by atoms with Crippen LogP contribution < -0.4 is 5.32 Å². The Morgan fingerprint density at radius 1 is 1.09 bits per heavy atom. The molecule has 2 aliphatic rings. The summed E-state index contributed by atoms with van der Waals surface area (Å²) in [6, 6.07) is 0. The molecule has 0 aliphatic heterocycles. The van der Waals surface area contributed by atoms with Crippen LogP contribution in [0.2, 0.25) is 0 Å². The van der Waals surface area contributed by atoms with E-state index in [1.54, 1.807) is 0 Å². The van der Waals surface area contributed by atoms with E-state index in [0.29, 0.717) is 5.54 Å². The minimum atomic E-state index is 0.612. The first-order valence-corrected chi connectivity index (χ1v) is 5.06. The summed E-state index contributed by atoms with van der Waals surface area (Å²) < 4.78 is 0. The van der Waals surface area contributed by atoms with E-state index in [0.717, 1.165) is 5.92 Å². The lowest BCUT2D eigenvalue weighted by Crippen LogP contribution is -2.36. The number of rotatable bonds is 2. The third-order valence-corrected chi connectivity index (χ3v) is 3.67. The Hall–Kier alpha value is -0.0400. The average Bonchev–Trinajstić information content (AvgIpc) is 2.86. The molecule has 0 spiro atoms. The minimum Gasteiger partial charge on any atom is -0.314 e. The average molecular weight is 153 g/mol. The first-order chi connectivity index (χ1) is 5.37. The van der Waals surface area contributed by atoms with Crippen LogP contribution in [0.5, 0.6) is 0 Å². The lowest BCUT2D eigenvalue weighted by molar-refractivity contribution is 0.262. The van der Waals surface area contributed by atoms with Crippen LogP contribution in [0.1, 0.15) is 44.9 Å². The fourth-order valence-corrected chi connectivity index (χ4v) is 2.65. The molecule has 0 unspecified atom stereocenters. The van der Waals surface area contributed by atoms with E-state index >= 15 is 0 Å². The van der Waals surface area contributed by atoms with Crippen LogP contribution in [-0.4, -0.2) is 12.6 Å². The van der Waals surface area contributed by atoms with Gasteiger partial charge in [-0.25, -0.2) is 0 Å². The van der Waals surface area contributed by atoms with Gasteiger partial charge in [0, 0.05) is 5.54 Å². The van der Waals surface area contributed by atoms with Crippen LogP contribution in [0.15, 0.2) is 0 Å². The van der Waals surface area contributed by atoms with Crippen molar-refractivity contribution in [3.8, 4) is 0 Å². The fourth-order valence-electron chi connectivity index (χ4n) is 2.65. The maximum absolute atomic E-state index is 3.52. The Labute approximate surface area is 69.6 Å². The SMILES string of the molecule is CNC1(C2CCCCC2)CC1. The molecule has 2 fully saturated rings. The van der Waals surface area contributed by atoms with Crippen LogP contribution in [0.4, 0.5) is 0 Å². The fraction of sp³-hybridized carbons (Fsp3) is 1.00. The molecule has 0 radical (unpaired) electrons. The van der Waals surface area contributed by atoms with Gasteiger partial charge in [0.2, 0.25) is 0 Å². The van der Waals surface area contributed by atoms with Gasteiger partial charge in [-0.2, -0.15) is 0 Å². The molecular weight excluding hydrogens is 134 g/mol. The van der Waals surface area contributed by atoms with Crippen molar-refractivity contribution in [2.24, 2.45) is 5.92 Å². The summed E-state index contributed by atoms with van der Waals surface area (Å²) in [5, 5.41) is 3.52. The van der Waals surface area contributed by atoms with Crippen molar-refractivity contribution in [3.05, 3.63) is 0 Å². The molecule has 0 bridgehead atoms. The van der Waals surface area contributed by atoms with Gasteiger partial charge >= 0.3 is 0 Å². The van der Waals surface area contributed by atoms with Gasteiger partial charge in [0.05, 0.1) is 0 Å². The molecule has 2 aliphatic carbocycles. The highest BCUT2D eigenvalue weighted by molar-refractivity contribution is 5.06. The molecular formula is C10H19N. The Kier molecular flexibility index (Phi) is 1.92. The predicted octanol–water partition coefficient (Wildman–Crippen LogP) is 2.32. The van der Waals surface area contributed by atoms with Crippen LogP contribution >= 0.6 is 0 Å². The molecule has 2 rings (SSSR count). The van der Waals surface area contributed by atoms with Gasteiger partial charge in [0.1, 0.15) is 0 Å². The summed E-state index contributed by atoms with van der Waals surface area (Å²) in [4.78, 5) is 0. The maximum atomic E-state index is 3.52. The highest BCUT2D eigenvalue weighted by atomic mass is 15.0. The lowest BCUT2D eigenvalue weighted by Gasteiger charge is -2.29. The maximum Gasteiger partial charge on any atom is 0.0208 e. The molecule has 2 saturated carbocycles.